The Kier molecular flexibility index (Phi) is 5.16. The molecule has 0 bridgehead atoms. The number of rotatable bonds is 4. The first-order chi connectivity index (χ1) is 6.02. The summed E-state index contributed by atoms with van der Waals surface area (Å²) in [5, 5.41) is 0. The van der Waals surface area contributed by atoms with Gasteiger partial charge in [-0.2, -0.15) is 0 Å². The third-order valence-electron chi connectivity index (χ3n) is 2.06. The fourth-order valence-electron chi connectivity index (χ4n) is 1.36. The molecule has 0 saturated heterocycles. The van der Waals surface area contributed by atoms with Crippen LogP contribution in [0.5, 0.6) is 0 Å². The van der Waals surface area contributed by atoms with Gasteiger partial charge in [0.2, 0.25) is 0 Å². The fourth-order valence-corrected chi connectivity index (χ4v) is 10.0. The van der Waals surface area contributed by atoms with Crippen LogP contribution in [0.15, 0.2) is 10.1 Å². The second kappa shape index (κ2) is 4.99. The van der Waals surface area contributed by atoms with Crippen LogP contribution in [0.1, 0.15) is 0 Å². The van der Waals surface area contributed by atoms with E-state index in [1.165, 1.54) is 6.54 Å². The summed E-state index contributed by atoms with van der Waals surface area (Å²) in [5.41, 5.74) is 2.63. The minimum absolute atomic E-state index is 1.04. The van der Waals surface area contributed by atoms with E-state index >= 15 is 0 Å². The standard InChI is InChI=1S/C11H27GeNSi/c1-12(2,3)11(9-13(4)5)10-14(6,7)8/h10H,9H2,1-8H3/b11-10-. The normalized spacial score (nSPS) is 15.1. The molecule has 0 aromatic rings. The summed E-state index contributed by atoms with van der Waals surface area (Å²) in [7, 11) is 3.31. The predicted molar refractivity (Wildman–Crippen MR) is 73.3 cm³/mol. The first-order valence-corrected chi connectivity index (χ1v) is 16.3. The van der Waals surface area contributed by atoms with Crippen LogP contribution in [0.25, 0.3) is 0 Å². The third-order valence-corrected chi connectivity index (χ3v) is 8.55. The van der Waals surface area contributed by atoms with E-state index in [0.29, 0.717) is 0 Å². The van der Waals surface area contributed by atoms with Gasteiger partial charge in [-0.3, -0.25) is 0 Å². The van der Waals surface area contributed by atoms with Crippen LogP contribution in [0.3, 0.4) is 0 Å². The van der Waals surface area contributed by atoms with Gasteiger partial charge in [-0.15, -0.1) is 0 Å². The molecule has 84 valence electrons. The van der Waals surface area contributed by atoms with E-state index in [2.05, 4.69) is 61.6 Å². The summed E-state index contributed by atoms with van der Waals surface area (Å²) >= 11 is -1.60. The van der Waals surface area contributed by atoms with Crippen molar-refractivity contribution in [2.45, 2.75) is 36.9 Å². The van der Waals surface area contributed by atoms with Crippen molar-refractivity contribution in [2.75, 3.05) is 20.6 Å². The van der Waals surface area contributed by atoms with Crippen LogP contribution in [-0.2, 0) is 0 Å². The molecular formula is C11H27GeNSi. The Morgan fingerprint density at radius 3 is 1.79 bits per heavy atom. The Bertz CT molecular complexity index is 208. The number of likely N-dealkylation sites (N-methyl/N-ethyl adjacent to an activating group) is 1. The molecule has 1 nitrogen and oxygen atoms in total. The van der Waals surface area contributed by atoms with E-state index < -0.39 is 21.3 Å². The molecule has 0 aromatic carbocycles. The molecule has 0 heterocycles. The van der Waals surface area contributed by atoms with Crippen molar-refractivity contribution in [3.63, 3.8) is 0 Å². The minimum atomic E-state index is -1.60. The van der Waals surface area contributed by atoms with Crippen molar-refractivity contribution in [1.29, 1.82) is 0 Å². The molecule has 0 fully saturated rings. The first-order valence-electron chi connectivity index (χ1n) is 5.39. The van der Waals surface area contributed by atoms with E-state index in [9.17, 15) is 0 Å². The van der Waals surface area contributed by atoms with Gasteiger partial charge in [0.05, 0.1) is 0 Å². The van der Waals surface area contributed by atoms with Gasteiger partial charge in [-0.1, -0.05) is 0 Å². The number of hydrogen-bond acceptors (Lipinski definition) is 1. The SMILES string of the molecule is CN(C)C/[C](=C/[Si](C)(C)C)[Ge]([CH3])([CH3])[CH3]. The summed E-state index contributed by atoms with van der Waals surface area (Å²) in [4.78, 5) is 2.31. The molecule has 0 radical (unpaired) electrons. The molecule has 0 rings (SSSR count). The van der Waals surface area contributed by atoms with Crippen LogP contribution in [-0.4, -0.2) is 46.9 Å². The van der Waals surface area contributed by atoms with Crippen molar-refractivity contribution < 1.29 is 0 Å². The van der Waals surface area contributed by atoms with Gasteiger partial charge in [-0.05, 0) is 0 Å². The first kappa shape index (κ1) is 14.5. The van der Waals surface area contributed by atoms with Gasteiger partial charge < -0.3 is 0 Å². The second-order valence-electron chi connectivity index (χ2n) is 6.52. The zero-order valence-electron chi connectivity index (χ0n) is 11.2. The van der Waals surface area contributed by atoms with Crippen LogP contribution in [0.2, 0.25) is 36.9 Å². The predicted octanol–water partition coefficient (Wildman–Crippen LogP) is 3.23. The van der Waals surface area contributed by atoms with E-state index in [4.69, 9.17) is 0 Å². The van der Waals surface area contributed by atoms with Gasteiger partial charge in [0.1, 0.15) is 0 Å². The average molecular weight is 274 g/mol. The molecule has 0 saturated carbocycles. The van der Waals surface area contributed by atoms with Crippen molar-refractivity contribution >= 4 is 21.3 Å². The van der Waals surface area contributed by atoms with E-state index in [1.54, 1.807) is 4.41 Å². The van der Waals surface area contributed by atoms with Crippen molar-refractivity contribution in [1.82, 2.24) is 4.90 Å². The molecule has 0 aliphatic carbocycles. The summed E-state index contributed by atoms with van der Waals surface area (Å²) in [5.74, 6) is 7.49. The maximum atomic E-state index is 2.63. The van der Waals surface area contributed by atoms with Gasteiger partial charge in [0.15, 0.2) is 0 Å². The van der Waals surface area contributed by atoms with Crippen LogP contribution in [0.4, 0.5) is 0 Å². The van der Waals surface area contributed by atoms with Gasteiger partial charge in [-0.25, -0.2) is 0 Å². The molecule has 0 spiro atoms. The molecule has 0 unspecified atom stereocenters. The van der Waals surface area contributed by atoms with Gasteiger partial charge in [0.25, 0.3) is 0 Å². The quantitative estimate of drug-likeness (QED) is 0.711. The zero-order chi connectivity index (χ0) is 11.6. The maximum absolute atomic E-state index is 2.63. The molecular weight excluding hydrogens is 247 g/mol. The average Bonchev–Trinajstić information content (AvgIpc) is 1.78. The van der Waals surface area contributed by atoms with Gasteiger partial charge >= 0.3 is 93.9 Å². The van der Waals surface area contributed by atoms with Crippen molar-refractivity contribution in [2.24, 2.45) is 0 Å². The van der Waals surface area contributed by atoms with E-state index in [-0.39, 0.29) is 0 Å². The number of hydrogen-bond donors (Lipinski definition) is 0. The molecule has 14 heavy (non-hydrogen) atoms. The van der Waals surface area contributed by atoms with Crippen molar-refractivity contribution in [3.8, 4) is 0 Å². The van der Waals surface area contributed by atoms with Crippen LogP contribution in [0, 0.1) is 0 Å². The Morgan fingerprint density at radius 1 is 1.14 bits per heavy atom. The summed E-state index contributed by atoms with van der Waals surface area (Å²) in [6.07, 6.45) is 0. The molecule has 0 atom stereocenters. The summed E-state index contributed by atoms with van der Waals surface area (Å²) in [6.45, 7) is 8.46. The molecule has 0 aliphatic heterocycles. The van der Waals surface area contributed by atoms with Gasteiger partial charge in [0, 0.05) is 0 Å². The molecule has 3 heteroatoms. The van der Waals surface area contributed by atoms with Crippen LogP contribution >= 0.6 is 0 Å². The Morgan fingerprint density at radius 2 is 1.57 bits per heavy atom. The zero-order valence-corrected chi connectivity index (χ0v) is 14.3. The van der Waals surface area contributed by atoms with Crippen LogP contribution < -0.4 is 0 Å². The molecule has 0 amide bonds. The molecule has 0 aliphatic rings. The Labute approximate surface area is 93.9 Å². The van der Waals surface area contributed by atoms with E-state index in [1.807, 2.05) is 0 Å². The Balaban J connectivity index is 4.83. The summed E-state index contributed by atoms with van der Waals surface area (Å²) in [6, 6.07) is 0. The second-order valence-corrected chi connectivity index (χ2v) is 22.3. The monoisotopic (exact) mass is 275 g/mol. The molecule has 0 N–H and O–H groups in total. The van der Waals surface area contributed by atoms with Crippen molar-refractivity contribution in [3.05, 3.63) is 10.1 Å². The fraction of sp³-hybridized carbons (Fsp3) is 0.818. The van der Waals surface area contributed by atoms with E-state index in [0.717, 1.165) is 0 Å². The third kappa shape index (κ3) is 6.85. The topological polar surface area (TPSA) is 3.24 Å². The molecule has 0 aromatic heterocycles. The summed E-state index contributed by atoms with van der Waals surface area (Å²) < 4.78 is 1.77. The number of nitrogens with zero attached hydrogens (tertiary/aromatic N) is 1. The Hall–Kier alpha value is 0.460.